The third-order valence-electron chi connectivity index (χ3n) is 2.96. The number of anilines is 1. The van der Waals surface area contributed by atoms with Crippen molar-refractivity contribution in [3.63, 3.8) is 0 Å². The summed E-state index contributed by atoms with van der Waals surface area (Å²) in [5.41, 5.74) is 7.13. The van der Waals surface area contributed by atoms with E-state index in [0.29, 0.717) is 17.1 Å². The lowest BCUT2D eigenvalue weighted by Gasteiger charge is -2.05. The minimum absolute atomic E-state index is 0.0965. The third kappa shape index (κ3) is 2.42. The predicted octanol–water partition coefficient (Wildman–Crippen LogP) is 2.79. The summed E-state index contributed by atoms with van der Waals surface area (Å²) in [5.74, 6) is 1.04. The van der Waals surface area contributed by atoms with Crippen molar-refractivity contribution in [3.8, 4) is 17.1 Å². The molecule has 0 spiro atoms. The first-order valence-electron chi connectivity index (χ1n) is 6.15. The van der Waals surface area contributed by atoms with E-state index in [1.807, 2.05) is 6.92 Å². The zero-order valence-electron chi connectivity index (χ0n) is 11.3. The number of rotatable bonds is 5. The van der Waals surface area contributed by atoms with Crippen molar-refractivity contribution in [3.05, 3.63) is 33.9 Å². The largest absolute Gasteiger partial charge is 0.490 e. The number of nitro benzene ring substituents is 1. The van der Waals surface area contributed by atoms with Crippen LogP contribution in [-0.2, 0) is 6.42 Å². The van der Waals surface area contributed by atoms with Crippen LogP contribution in [0.5, 0.6) is 5.75 Å². The van der Waals surface area contributed by atoms with Crippen LogP contribution in [0.4, 0.5) is 11.5 Å². The number of benzene rings is 1. The van der Waals surface area contributed by atoms with Gasteiger partial charge in [0.2, 0.25) is 0 Å². The molecule has 2 N–H and O–H groups in total. The molecule has 1 aromatic carbocycles. The first-order valence-corrected chi connectivity index (χ1v) is 6.15. The molecule has 1 aromatic heterocycles. The van der Waals surface area contributed by atoms with Crippen molar-refractivity contribution >= 4 is 11.5 Å². The molecule has 0 bridgehead atoms. The van der Waals surface area contributed by atoms with Gasteiger partial charge in [0, 0.05) is 17.2 Å². The van der Waals surface area contributed by atoms with E-state index in [9.17, 15) is 10.1 Å². The second-order valence-electron chi connectivity index (χ2n) is 4.27. The Morgan fingerprint density at radius 1 is 1.50 bits per heavy atom. The summed E-state index contributed by atoms with van der Waals surface area (Å²) < 4.78 is 10.3. The average Bonchev–Trinajstić information content (AvgIpc) is 2.80. The van der Waals surface area contributed by atoms with E-state index < -0.39 is 4.92 Å². The third-order valence-corrected chi connectivity index (χ3v) is 2.96. The first kappa shape index (κ1) is 13.9. The quantitative estimate of drug-likeness (QED) is 0.665. The van der Waals surface area contributed by atoms with E-state index in [-0.39, 0.29) is 11.4 Å². The second kappa shape index (κ2) is 5.60. The van der Waals surface area contributed by atoms with E-state index in [1.54, 1.807) is 12.1 Å². The highest BCUT2D eigenvalue weighted by Crippen LogP contribution is 2.35. The monoisotopic (exact) mass is 277 g/mol. The molecule has 0 fully saturated rings. The van der Waals surface area contributed by atoms with E-state index in [0.717, 1.165) is 18.4 Å². The van der Waals surface area contributed by atoms with Crippen molar-refractivity contribution in [2.24, 2.45) is 0 Å². The van der Waals surface area contributed by atoms with Gasteiger partial charge in [0.1, 0.15) is 0 Å². The van der Waals surface area contributed by atoms with Crippen LogP contribution >= 0.6 is 0 Å². The Morgan fingerprint density at radius 2 is 2.25 bits per heavy atom. The summed E-state index contributed by atoms with van der Waals surface area (Å²) in [4.78, 5) is 10.4. The molecule has 0 radical (unpaired) electrons. The fourth-order valence-electron chi connectivity index (χ4n) is 2.01. The number of hydrogen-bond acceptors (Lipinski definition) is 6. The zero-order valence-corrected chi connectivity index (χ0v) is 11.3. The molecule has 0 aliphatic rings. The van der Waals surface area contributed by atoms with Gasteiger partial charge in [-0.3, -0.25) is 10.1 Å². The summed E-state index contributed by atoms with van der Waals surface area (Å²) in [6, 6.07) is 4.53. The molecule has 0 aliphatic carbocycles. The Morgan fingerprint density at radius 3 is 2.85 bits per heavy atom. The van der Waals surface area contributed by atoms with Crippen LogP contribution < -0.4 is 10.5 Å². The molecule has 0 saturated carbocycles. The lowest BCUT2D eigenvalue weighted by molar-refractivity contribution is -0.385. The smallest absolute Gasteiger partial charge is 0.310 e. The van der Waals surface area contributed by atoms with Gasteiger partial charge in [-0.05, 0) is 18.6 Å². The molecule has 0 aliphatic heterocycles. The molecule has 0 amide bonds. The summed E-state index contributed by atoms with van der Waals surface area (Å²) in [7, 11) is 1.38. The van der Waals surface area contributed by atoms with Gasteiger partial charge in [-0.25, -0.2) is 0 Å². The topological polar surface area (TPSA) is 104 Å². The maximum atomic E-state index is 10.9. The Balaban J connectivity index is 2.51. The number of nitro groups is 1. The lowest BCUT2D eigenvalue weighted by atomic mass is 10.0. The van der Waals surface area contributed by atoms with Crippen molar-refractivity contribution in [2.45, 2.75) is 19.8 Å². The molecule has 106 valence electrons. The molecule has 0 saturated heterocycles. The number of nitrogens with zero attached hydrogens (tertiary/aromatic N) is 2. The van der Waals surface area contributed by atoms with Gasteiger partial charge in [-0.15, -0.1) is 0 Å². The number of methoxy groups -OCH3 is 1. The van der Waals surface area contributed by atoms with Crippen molar-refractivity contribution < 1.29 is 14.2 Å². The number of nitrogen functional groups attached to an aromatic ring is 1. The maximum Gasteiger partial charge on any atom is 0.310 e. The fourth-order valence-corrected chi connectivity index (χ4v) is 2.01. The summed E-state index contributed by atoms with van der Waals surface area (Å²) in [5, 5.41) is 14.6. The first-order chi connectivity index (χ1) is 9.58. The Kier molecular flexibility index (Phi) is 3.88. The molecule has 0 atom stereocenters. The Hall–Kier alpha value is -2.57. The molecule has 7 heteroatoms. The second-order valence-corrected chi connectivity index (χ2v) is 4.27. The van der Waals surface area contributed by atoms with Gasteiger partial charge in [-0.2, -0.15) is 0 Å². The average molecular weight is 277 g/mol. The van der Waals surface area contributed by atoms with Gasteiger partial charge >= 0.3 is 5.69 Å². The molecular formula is C13H15N3O4. The molecule has 1 heterocycles. The highest BCUT2D eigenvalue weighted by Gasteiger charge is 2.20. The minimum atomic E-state index is -0.496. The Labute approximate surface area is 115 Å². The van der Waals surface area contributed by atoms with Crippen LogP contribution in [0.25, 0.3) is 11.3 Å². The number of ether oxygens (including phenoxy) is 1. The zero-order chi connectivity index (χ0) is 14.7. The van der Waals surface area contributed by atoms with E-state index in [1.165, 1.54) is 13.2 Å². The normalized spacial score (nSPS) is 10.5. The Bertz CT molecular complexity index is 637. The van der Waals surface area contributed by atoms with Gasteiger partial charge in [-0.1, -0.05) is 18.5 Å². The van der Waals surface area contributed by atoms with Crippen LogP contribution in [0, 0.1) is 10.1 Å². The van der Waals surface area contributed by atoms with Crippen molar-refractivity contribution in [1.82, 2.24) is 5.16 Å². The van der Waals surface area contributed by atoms with Gasteiger partial charge in [0.25, 0.3) is 0 Å². The summed E-state index contributed by atoms with van der Waals surface area (Å²) in [6.45, 7) is 2.02. The predicted molar refractivity (Wildman–Crippen MR) is 73.6 cm³/mol. The number of hydrogen-bond donors (Lipinski definition) is 1. The standard InChI is InChI=1S/C13H15N3O4/c1-3-4-9-12(20-15-13(9)14)8-5-6-10(16(17)18)11(7-8)19-2/h5-7H,3-4H2,1-2H3,(H2,14,15). The SMILES string of the molecule is CCCc1c(N)noc1-c1ccc([N+](=O)[O-])c(OC)c1. The fraction of sp³-hybridized carbons (Fsp3) is 0.308. The van der Waals surface area contributed by atoms with Crippen LogP contribution in [0.3, 0.4) is 0 Å². The van der Waals surface area contributed by atoms with E-state index in [2.05, 4.69) is 5.16 Å². The lowest BCUT2D eigenvalue weighted by Crippen LogP contribution is -1.95. The highest BCUT2D eigenvalue weighted by atomic mass is 16.6. The molecular weight excluding hydrogens is 262 g/mol. The summed E-state index contributed by atoms with van der Waals surface area (Å²) >= 11 is 0. The molecule has 0 unspecified atom stereocenters. The van der Waals surface area contributed by atoms with E-state index in [4.69, 9.17) is 15.0 Å². The molecule has 2 aromatic rings. The summed E-state index contributed by atoms with van der Waals surface area (Å²) in [6.07, 6.45) is 1.62. The van der Waals surface area contributed by atoms with Gasteiger partial charge in [0.15, 0.2) is 17.3 Å². The van der Waals surface area contributed by atoms with Crippen LogP contribution in [0.1, 0.15) is 18.9 Å². The number of nitrogens with two attached hydrogens (primary N) is 1. The maximum absolute atomic E-state index is 10.9. The van der Waals surface area contributed by atoms with Crippen LogP contribution in [0.15, 0.2) is 22.7 Å². The highest BCUT2D eigenvalue weighted by molar-refractivity contribution is 5.69. The molecule has 2 rings (SSSR count). The molecule has 20 heavy (non-hydrogen) atoms. The minimum Gasteiger partial charge on any atom is -0.490 e. The number of aromatic nitrogens is 1. The van der Waals surface area contributed by atoms with Crippen molar-refractivity contribution in [1.29, 1.82) is 0 Å². The molecule has 7 nitrogen and oxygen atoms in total. The van der Waals surface area contributed by atoms with Crippen LogP contribution in [-0.4, -0.2) is 17.2 Å². The van der Waals surface area contributed by atoms with Crippen molar-refractivity contribution in [2.75, 3.05) is 12.8 Å². The van der Waals surface area contributed by atoms with E-state index >= 15 is 0 Å². The van der Waals surface area contributed by atoms with Gasteiger partial charge < -0.3 is 15.0 Å². The van der Waals surface area contributed by atoms with Crippen LogP contribution in [0.2, 0.25) is 0 Å². The van der Waals surface area contributed by atoms with Gasteiger partial charge in [0.05, 0.1) is 12.0 Å².